The van der Waals surface area contributed by atoms with Gasteiger partial charge < -0.3 is 9.47 Å². The van der Waals surface area contributed by atoms with Crippen molar-refractivity contribution in [1.82, 2.24) is 0 Å². The molecule has 0 aromatic rings. The zero-order valence-corrected chi connectivity index (χ0v) is 9.95. The van der Waals surface area contributed by atoms with Crippen LogP contribution in [0.25, 0.3) is 0 Å². The summed E-state index contributed by atoms with van der Waals surface area (Å²) in [5, 5.41) is 0. The second-order valence-electron chi connectivity index (χ2n) is 3.38. The van der Waals surface area contributed by atoms with E-state index in [1.165, 1.54) is 0 Å². The van der Waals surface area contributed by atoms with Gasteiger partial charge >= 0.3 is 6.18 Å². The van der Waals surface area contributed by atoms with E-state index in [1.807, 2.05) is 0 Å². The Morgan fingerprint density at radius 2 is 1.31 bits per heavy atom. The lowest BCUT2D eigenvalue weighted by molar-refractivity contribution is -0.174. The average Bonchev–Trinajstić information content (AvgIpc) is 2.19. The normalized spacial score (nSPS) is 12.0. The van der Waals surface area contributed by atoms with Gasteiger partial charge in [0.1, 0.15) is 6.61 Å². The number of hydrogen-bond donors (Lipinski definition) is 0. The Morgan fingerprint density at radius 3 is 1.81 bits per heavy atom. The third kappa shape index (κ3) is 14.0. The topological polar surface area (TPSA) is 18.5 Å². The number of unbranched alkanes of at least 4 members (excludes halogenated alkanes) is 2. The maximum atomic E-state index is 11.6. The lowest BCUT2D eigenvalue weighted by Crippen LogP contribution is -2.17. The molecular formula is C10H18ClF3O2. The Bertz CT molecular complexity index is 153. The van der Waals surface area contributed by atoms with Gasteiger partial charge in [-0.1, -0.05) is 0 Å². The average molecular weight is 263 g/mol. The summed E-state index contributed by atoms with van der Waals surface area (Å²) in [6, 6.07) is 0. The minimum absolute atomic E-state index is 0.130. The fourth-order valence-corrected chi connectivity index (χ4v) is 1.19. The molecule has 0 spiro atoms. The van der Waals surface area contributed by atoms with E-state index in [9.17, 15) is 13.2 Å². The molecule has 0 amide bonds. The minimum Gasteiger partial charge on any atom is -0.381 e. The molecule has 0 fully saturated rings. The van der Waals surface area contributed by atoms with Gasteiger partial charge in [-0.05, 0) is 25.7 Å². The summed E-state index contributed by atoms with van der Waals surface area (Å²) < 4.78 is 44.6. The Labute approximate surface area is 99.1 Å². The van der Waals surface area contributed by atoms with E-state index >= 15 is 0 Å². The number of rotatable bonds is 10. The molecule has 16 heavy (non-hydrogen) atoms. The fraction of sp³-hybridized carbons (Fsp3) is 1.00. The third-order valence-electron chi connectivity index (χ3n) is 1.77. The van der Waals surface area contributed by atoms with Crippen LogP contribution >= 0.6 is 11.6 Å². The van der Waals surface area contributed by atoms with Crippen LogP contribution in [0.4, 0.5) is 13.2 Å². The molecule has 0 rings (SSSR count). The van der Waals surface area contributed by atoms with Crippen LogP contribution < -0.4 is 0 Å². The van der Waals surface area contributed by atoms with E-state index in [1.54, 1.807) is 0 Å². The highest BCUT2D eigenvalue weighted by atomic mass is 35.5. The lowest BCUT2D eigenvalue weighted by atomic mass is 10.3. The van der Waals surface area contributed by atoms with Gasteiger partial charge in [0.25, 0.3) is 0 Å². The Morgan fingerprint density at radius 1 is 0.812 bits per heavy atom. The quantitative estimate of drug-likeness (QED) is 0.444. The monoisotopic (exact) mass is 262 g/mol. The molecule has 0 unspecified atom stereocenters. The molecule has 0 radical (unpaired) electrons. The van der Waals surface area contributed by atoms with Gasteiger partial charge in [-0.3, -0.25) is 0 Å². The Kier molecular flexibility index (Phi) is 10.2. The van der Waals surface area contributed by atoms with E-state index in [0.29, 0.717) is 25.5 Å². The van der Waals surface area contributed by atoms with Crippen molar-refractivity contribution in [1.29, 1.82) is 0 Å². The first-order chi connectivity index (χ1) is 7.56. The number of alkyl halides is 4. The summed E-state index contributed by atoms with van der Waals surface area (Å²) in [6.07, 6.45) is -1.06. The van der Waals surface area contributed by atoms with Gasteiger partial charge in [-0.25, -0.2) is 0 Å². The highest BCUT2D eigenvalue weighted by Gasteiger charge is 2.26. The summed E-state index contributed by atoms with van der Waals surface area (Å²) in [7, 11) is 0. The molecule has 98 valence electrons. The standard InChI is InChI=1S/C10H18ClF3O2/c11-5-1-2-6-15-7-3-4-8-16-9-10(12,13)14/h1-9H2. The summed E-state index contributed by atoms with van der Waals surface area (Å²) in [4.78, 5) is 0. The zero-order chi connectivity index (χ0) is 12.3. The van der Waals surface area contributed by atoms with Gasteiger partial charge in [0, 0.05) is 25.7 Å². The summed E-state index contributed by atoms with van der Waals surface area (Å²) in [5.41, 5.74) is 0. The zero-order valence-electron chi connectivity index (χ0n) is 9.19. The molecule has 0 saturated carbocycles. The number of hydrogen-bond acceptors (Lipinski definition) is 2. The van der Waals surface area contributed by atoms with E-state index in [-0.39, 0.29) is 6.61 Å². The van der Waals surface area contributed by atoms with Crippen molar-refractivity contribution in [3.05, 3.63) is 0 Å². The highest BCUT2D eigenvalue weighted by molar-refractivity contribution is 6.17. The highest BCUT2D eigenvalue weighted by Crippen LogP contribution is 2.14. The first-order valence-corrected chi connectivity index (χ1v) is 5.88. The molecule has 0 N–H and O–H groups in total. The smallest absolute Gasteiger partial charge is 0.381 e. The molecular weight excluding hydrogens is 245 g/mol. The van der Waals surface area contributed by atoms with Crippen molar-refractivity contribution < 1.29 is 22.6 Å². The van der Waals surface area contributed by atoms with Crippen molar-refractivity contribution in [3.8, 4) is 0 Å². The Balaban J connectivity index is 2.99. The van der Waals surface area contributed by atoms with E-state index in [4.69, 9.17) is 16.3 Å². The Hall–Kier alpha value is 0. The molecule has 0 aromatic carbocycles. The second-order valence-corrected chi connectivity index (χ2v) is 3.76. The van der Waals surface area contributed by atoms with Crippen LogP contribution in [0.1, 0.15) is 25.7 Å². The largest absolute Gasteiger partial charge is 0.411 e. The molecule has 6 heteroatoms. The minimum atomic E-state index is -4.22. The molecule has 0 aliphatic rings. The van der Waals surface area contributed by atoms with Crippen molar-refractivity contribution in [2.24, 2.45) is 0 Å². The van der Waals surface area contributed by atoms with Crippen LogP contribution in [0, 0.1) is 0 Å². The predicted molar refractivity (Wildman–Crippen MR) is 56.9 cm³/mol. The SMILES string of the molecule is FC(F)(F)COCCCCOCCCCCl. The van der Waals surface area contributed by atoms with Crippen LogP contribution in [-0.2, 0) is 9.47 Å². The van der Waals surface area contributed by atoms with Crippen molar-refractivity contribution in [3.63, 3.8) is 0 Å². The molecule has 0 atom stereocenters. The van der Waals surface area contributed by atoms with Gasteiger partial charge in [0.2, 0.25) is 0 Å². The van der Waals surface area contributed by atoms with Crippen molar-refractivity contribution in [2.75, 3.05) is 32.3 Å². The van der Waals surface area contributed by atoms with Crippen LogP contribution in [0.3, 0.4) is 0 Å². The van der Waals surface area contributed by atoms with Gasteiger partial charge in [0.05, 0.1) is 0 Å². The van der Waals surface area contributed by atoms with E-state index in [2.05, 4.69) is 4.74 Å². The molecule has 0 bridgehead atoms. The molecule has 2 nitrogen and oxygen atoms in total. The van der Waals surface area contributed by atoms with Crippen LogP contribution in [0.5, 0.6) is 0 Å². The maximum absolute atomic E-state index is 11.6. The van der Waals surface area contributed by atoms with Crippen LogP contribution in [0.15, 0.2) is 0 Å². The predicted octanol–water partition coefficient (Wildman–Crippen LogP) is 3.38. The second kappa shape index (κ2) is 10.2. The van der Waals surface area contributed by atoms with E-state index in [0.717, 1.165) is 19.3 Å². The number of halogens is 4. The van der Waals surface area contributed by atoms with Crippen molar-refractivity contribution in [2.45, 2.75) is 31.9 Å². The summed E-state index contributed by atoms with van der Waals surface area (Å²) in [6.45, 7) is 0.196. The van der Waals surface area contributed by atoms with Gasteiger partial charge in [-0.2, -0.15) is 13.2 Å². The first kappa shape index (κ1) is 16.0. The molecule has 0 aliphatic carbocycles. The number of ether oxygens (including phenoxy) is 2. The summed E-state index contributed by atoms with van der Waals surface area (Å²) >= 11 is 5.47. The molecule has 0 aromatic heterocycles. The van der Waals surface area contributed by atoms with Gasteiger partial charge in [-0.15, -0.1) is 11.6 Å². The maximum Gasteiger partial charge on any atom is 0.411 e. The lowest BCUT2D eigenvalue weighted by Gasteiger charge is -2.07. The molecule has 0 saturated heterocycles. The van der Waals surface area contributed by atoms with Crippen LogP contribution in [0.2, 0.25) is 0 Å². The fourth-order valence-electron chi connectivity index (χ4n) is 0.997. The molecule has 0 aliphatic heterocycles. The van der Waals surface area contributed by atoms with E-state index < -0.39 is 12.8 Å². The van der Waals surface area contributed by atoms with Crippen molar-refractivity contribution >= 4 is 11.6 Å². The van der Waals surface area contributed by atoms with Crippen LogP contribution in [-0.4, -0.2) is 38.5 Å². The van der Waals surface area contributed by atoms with Gasteiger partial charge in [0.15, 0.2) is 0 Å². The summed E-state index contributed by atoms with van der Waals surface area (Å²) in [5.74, 6) is 0.634. The first-order valence-electron chi connectivity index (χ1n) is 5.34. The third-order valence-corrected chi connectivity index (χ3v) is 2.03. The molecule has 0 heterocycles.